The first-order chi connectivity index (χ1) is 12.3. The van der Waals surface area contributed by atoms with Crippen LogP contribution in [0.1, 0.15) is 42.7 Å². The summed E-state index contributed by atoms with van der Waals surface area (Å²) in [6.07, 6.45) is -3.05. The first kappa shape index (κ1) is 17.8. The van der Waals surface area contributed by atoms with E-state index in [0.29, 0.717) is 17.6 Å². The number of alkyl halides is 3. The van der Waals surface area contributed by atoms with Crippen LogP contribution >= 0.6 is 11.8 Å². The maximum atomic E-state index is 13.9. The minimum Gasteiger partial charge on any atom is -0.294 e. The zero-order chi connectivity index (χ0) is 18.5. The van der Waals surface area contributed by atoms with Crippen LogP contribution in [0.25, 0.3) is 0 Å². The molecule has 1 aromatic rings. The number of benzene rings is 1. The molecule has 7 heteroatoms. The van der Waals surface area contributed by atoms with Gasteiger partial charge in [0.1, 0.15) is 5.82 Å². The monoisotopic (exact) mass is 383 g/mol. The molecule has 3 aliphatic rings. The number of carbonyl (C=O) groups excluding carboxylic acids is 1. The van der Waals surface area contributed by atoms with Crippen LogP contribution in [0.3, 0.4) is 0 Å². The minimum absolute atomic E-state index is 0.0215. The van der Waals surface area contributed by atoms with Gasteiger partial charge in [-0.1, -0.05) is 12.1 Å². The number of nitrogens with zero attached hydrogens (tertiary/aromatic N) is 1. The number of ketones is 1. The van der Waals surface area contributed by atoms with Gasteiger partial charge in [-0.2, -0.15) is 24.9 Å². The van der Waals surface area contributed by atoms with Gasteiger partial charge in [-0.25, -0.2) is 4.39 Å². The number of allylic oxidation sites excluding steroid dienone is 2. The van der Waals surface area contributed by atoms with Crippen molar-refractivity contribution in [1.29, 1.82) is 0 Å². The smallest absolute Gasteiger partial charge is 0.294 e. The number of Topliss-reactive ketones (excluding diaryl/α,β-unsaturated/α-hetero) is 1. The number of carbonyl (C=O) groups is 1. The quantitative estimate of drug-likeness (QED) is 0.674. The molecule has 0 N–H and O–H groups in total. The second kappa shape index (κ2) is 6.51. The zero-order valence-electron chi connectivity index (χ0n) is 13.9. The van der Waals surface area contributed by atoms with Crippen molar-refractivity contribution >= 4 is 23.3 Å². The number of hydrogen-bond donors (Lipinski definition) is 0. The van der Waals surface area contributed by atoms with Gasteiger partial charge in [0.05, 0.1) is 11.7 Å². The fourth-order valence-corrected chi connectivity index (χ4v) is 5.49. The molecule has 2 atom stereocenters. The average molecular weight is 383 g/mol. The molecular formula is C19H17F4NOS. The van der Waals surface area contributed by atoms with Crippen molar-refractivity contribution < 1.29 is 22.4 Å². The molecule has 138 valence electrons. The van der Waals surface area contributed by atoms with Crippen molar-refractivity contribution in [3.05, 3.63) is 46.4 Å². The lowest BCUT2D eigenvalue weighted by atomic mass is 9.76. The summed E-state index contributed by atoms with van der Waals surface area (Å²) in [5.41, 5.74) is 2.63. The van der Waals surface area contributed by atoms with Gasteiger partial charge in [-0.15, -0.1) is 0 Å². The van der Waals surface area contributed by atoms with E-state index in [-0.39, 0.29) is 22.5 Å². The average Bonchev–Trinajstić information content (AvgIpc) is 3.02. The van der Waals surface area contributed by atoms with E-state index in [4.69, 9.17) is 4.99 Å². The van der Waals surface area contributed by atoms with Crippen molar-refractivity contribution in [2.45, 2.75) is 49.4 Å². The summed E-state index contributed by atoms with van der Waals surface area (Å²) in [4.78, 5) is 17.3. The molecular weight excluding hydrogens is 366 g/mol. The van der Waals surface area contributed by atoms with Gasteiger partial charge in [0.25, 0.3) is 0 Å². The van der Waals surface area contributed by atoms with Crippen LogP contribution in [0.4, 0.5) is 17.6 Å². The van der Waals surface area contributed by atoms with E-state index in [9.17, 15) is 22.4 Å². The van der Waals surface area contributed by atoms with Crippen LogP contribution < -0.4 is 0 Å². The summed E-state index contributed by atoms with van der Waals surface area (Å²) in [7, 11) is 0. The summed E-state index contributed by atoms with van der Waals surface area (Å²) < 4.78 is 52.3. The normalized spacial score (nSPS) is 25.8. The SMILES string of the molecule is O=C1CCCC2=C1C(c1ccc(F)c(CC(F)(F)F)c1)C1SCCC1=N2. The summed E-state index contributed by atoms with van der Waals surface area (Å²) >= 11 is 1.68. The minimum atomic E-state index is -4.48. The third-order valence-electron chi connectivity index (χ3n) is 5.12. The summed E-state index contributed by atoms with van der Waals surface area (Å²) in [5.74, 6) is -0.289. The number of thioether (sulfide) groups is 1. The van der Waals surface area contributed by atoms with Gasteiger partial charge in [0, 0.05) is 29.3 Å². The molecule has 0 aromatic heterocycles. The van der Waals surface area contributed by atoms with E-state index < -0.39 is 18.4 Å². The Hall–Kier alpha value is -1.63. The number of fused-ring (bicyclic) bond motifs is 1. The first-order valence-electron chi connectivity index (χ1n) is 8.64. The van der Waals surface area contributed by atoms with Crippen LogP contribution in [0.2, 0.25) is 0 Å². The maximum absolute atomic E-state index is 13.9. The summed E-state index contributed by atoms with van der Waals surface area (Å²) in [6.45, 7) is 0. The van der Waals surface area contributed by atoms with E-state index >= 15 is 0 Å². The molecule has 0 bridgehead atoms. The van der Waals surface area contributed by atoms with Crippen molar-refractivity contribution in [2.75, 3.05) is 5.75 Å². The Morgan fingerprint density at radius 3 is 2.77 bits per heavy atom. The zero-order valence-corrected chi connectivity index (χ0v) is 14.7. The Kier molecular flexibility index (Phi) is 4.45. The van der Waals surface area contributed by atoms with Gasteiger partial charge in [-0.05, 0) is 42.2 Å². The van der Waals surface area contributed by atoms with E-state index in [1.54, 1.807) is 11.8 Å². The van der Waals surface area contributed by atoms with E-state index in [0.717, 1.165) is 42.5 Å². The number of aliphatic imine (C=N–C) groups is 1. The molecule has 2 aliphatic heterocycles. The van der Waals surface area contributed by atoms with E-state index in [2.05, 4.69) is 0 Å². The van der Waals surface area contributed by atoms with Gasteiger partial charge in [0.15, 0.2) is 5.78 Å². The standard InChI is InChI=1S/C19H17F4NOS/c20-12-5-4-10(8-11(12)9-19(21,22)23)16-17-13(2-1-3-15(17)25)24-14-6-7-26-18(14)16/h4-5,8,16,18H,1-3,6-7,9H2. The highest BCUT2D eigenvalue weighted by atomic mass is 32.2. The van der Waals surface area contributed by atoms with Gasteiger partial charge >= 0.3 is 6.18 Å². The van der Waals surface area contributed by atoms with Crippen LogP contribution in [0.5, 0.6) is 0 Å². The second-order valence-corrected chi connectivity index (χ2v) is 8.15. The predicted octanol–water partition coefficient (Wildman–Crippen LogP) is 4.98. The molecule has 2 nitrogen and oxygen atoms in total. The molecule has 26 heavy (non-hydrogen) atoms. The van der Waals surface area contributed by atoms with Gasteiger partial charge in [-0.3, -0.25) is 9.79 Å². The lowest BCUT2D eigenvalue weighted by Gasteiger charge is -2.33. The predicted molar refractivity (Wildman–Crippen MR) is 93.1 cm³/mol. The molecule has 0 spiro atoms. The fraction of sp³-hybridized carbons (Fsp3) is 0.474. The molecule has 1 aromatic carbocycles. The molecule has 1 aliphatic carbocycles. The number of halogens is 4. The molecule has 4 rings (SSSR count). The van der Waals surface area contributed by atoms with Crippen LogP contribution in [0, 0.1) is 5.82 Å². The second-order valence-electron chi connectivity index (χ2n) is 6.90. The molecule has 2 unspecified atom stereocenters. The Morgan fingerprint density at radius 1 is 1.19 bits per heavy atom. The summed E-state index contributed by atoms with van der Waals surface area (Å²) in [6, 6.07) is 3.91. The molecule has 2 heterocycles. The summed E-state index contributed by atoms with van der Waals surface area (Å²) in [5, 5.41) is -0.0417. The van der Waals surface area contributed by atoms with Gasteiger partial charge < -0.3 is 0 Å². The first-order valence-corrected chi connectivity index (χ1v) is 9.69. The fourth-order valence-electron chi connectivity index (χ4n) is 4.06. The molecule has 1 saturated heterocycles. The highest BCUT2D eigenvalue weighted by Gasteiger charge is 2.42. The number of rotatable bonds is 2. The lowest BCUT2D eigenvalue weighted by molar-refractivity contribution is -0.127. The highest BCUT2D eigenvalue weighted by Crippen LogP contribution is 2.47. The Labute approximate surface area is 152 Å². The Bertz CT molecular complexity index is 827. The molecule has 1 fully saturated rings. The van der Waals surface area contributed by atoms with E-state index in [1.165, 1.54) is 12.1 Å². The van der Waals surface area contributed by atoms with Crippen molar-refractivity contribution in [2.24, 2.45) is 4.99 Å². The molecule has 0 radical (unpaired) electrons. The van der Waals surface area contributed by atoms with E-state index in [1.807, 2.05) is 0 Å². The lowest BCUT2D eigenvalue weighted by Crippen LogP contribution is -2.32. The van der Waals surface area contributed by atoms with Crippen LogP contribution in [0.15, 0.2) is 34.5 Å². The third kappa shape index (κ3) is 3.21. The maximum Gasteiger partial charge on any atom is 0.393 e. The highest BCUT2D eigenvalue weighted by molar-refractivity contribution is 8.01. The van der Waals surface area contributed by atoms with Crippen molar-refractivity contribution in [1.82, 2.24) is 0 Å². The van der Waals surface area contributed by atoms with Crippen molar-refractivity contribution in [3.63, 3.8) is 0 Å². The Balaban J connectivity index is 1.80. The third-order valence-corrected chi connectivity index (χ3v) is 6.47. The topological polar surface area (TPSA) is 29.4 Å². The van der Waals surface area contributed by atoms with Crippen molar-refractivity contribution in [3.8, 4) is 0 Å². The van der Waals surface area contributed by atoms with Crippen LogP contribution in [-0.4, -0.2) is 28.7 Å². The Morgan fingerprint density at radius 2 is 2.00 bits per heavy atom. The largest absolute Gasteiger partial charge is 0.393 e. The van der Waals surface area contributed by atoms with Gasteiger partial charge in [0.2, 0.25) is 0 Å². The number of hydrogen-bond acceptors (Lipinski definition) is 3. The van der Waals surface area contributed by atoms with Crippen LogP contribution in [-0.2, 0) is 11.2 Å². The molecule has 0 amide bonds. The molecule has 0 saturated carbocycles.